The quantitative estimate of drug-likeness (QED) is 0.862. The maximum atomic E-state index is 8.77. The second-order valence-electron chi connectivity index (χ2n) is 3.79. The predicted molar refractivity (Wildman–Crippen MR) is 74.7 cm³/mol. The third-order valence-corrected chi connectivity index (χ3v) is 4.07. The maximum Gasteiger partial charge on any atom is 0.0709 e. The molecule has 1 aromatic carbocycles. The summed E-state index contributed by atoms with van der Waals surface area (Å²) in [6.07, 6.45) is 0. The summed E-state index contributed by atoms with van der Waals surface area (Å²) in [6, 6.07) is 8.01. The number of hydrogen-bond acceptors (Lipinski definition) is 3. The number of aromatic nitrogens is 1. The molecule has 0 radical (unpaired) electrons. The molecule has 2 rings (SSSR count). The van der Waals surface area contributed by atoms with Crippen LogP contribution in [0.25, 0.3) is 10.9 Å². The van der Waals surface area contributed by atoms with Gasteiger partial charge in [0.2, 0.25) is 0 Å². The van der Waals surface area contributed by atoms with Gasteiger partial charge in [-0.15, -0.1) is 0 Å². The normalized spacial score (nSPS) is 11.0. The van der Waals surface area contributed by atoms with E-state index in [2.05, 4.69) is 4.98 Å². The molecule has 0 aliphatic rings. The Hall–Kier alpha value is -0.770. The molecule has 0 aliphatic heterocycles. The Balaban J connectivity index is 2.39. The standard InChI is InChI=1S/C13H14ClNOS/c1-9-10-4-2-3-5-11(10)15-12(13(9)14)8-17-7-6-16/h2-5,16H,6-8H2,1H3. The van der Waals surface area contributed by atoms with Crippen molar-refractivity contribution in [1.29, 1.82) is 0 Å². The minimum Gasteiger partial charge on any atom is -0.396 e. The second kappa shape index (κ2) is 5.71. The predicted octanol–water partition coefficient (Wildman–Crippen LogP) is 3.42. The molecule has 0 spiro atoms. The third kappa shape index (κ3) is 2.73. The molecule has 0 unspecified atom stereocenters. The monoisotopic (exact) mass is 267 g/mol. The molecule has 0 bridgehead atoms. The van der Waals surface area contributed by atoms with E-state index in [1.807, 2.05) is 31.2 Å². The van der Waals surface area contributed by atoms with Crippen molar-refractivity contribution >= 4 is 34.3 Å². The molecule has 1 heterocycles. The van der Waals surface area contributed by atoms with Gasteiger partial charge in [-0.25, -0.2) is 0 Å². The zero-order chi connectivity index (χ0) is 12.3. The van der Waals surface area contributed by atoms with Crippen LogP contribution >= 0.6 is 23.4 Å². The Morgan fingerprint density at radius 2 is 2.12 bits per heavy atom. The van der Waals surface area contributed by atoms with Gasteiger partial charge in [0.15, 0.2) is 0 Å². The highest BCUT2D eigenvalue weighted by Gasteiger charge is 2.09. The molecule has 2 nitrogen and oxygen atoms in total. The molecule has 2 aromatic rings. The fourth-order valence-electron chi connectivity index (χ4n) is 1.75. The lowest BCUT2D eigenvalue weighted by Crippen LogP contribution is -1.95. The Morgan fingerprint density at radius 3 is 2.88 bits per heavy atom. The van der Waals surface area contributed by atoms with Crippen molar-refractivity contribution in [2.24, 2.45) is 0 Å². The summed E-state index contributed by atoms with van der Waals surface area (Å²) in [5.74, 6) is 1.45. The number of benzene rings is 1. The lowest BCUT2D eigenvalue weighted by molar-refractivity contribution is 0.322. The van der Waals surface area contributed by atoms with E-state index in [-0.39, 0.29) is 6.61 Å². The molecular weight excluding hydrogens is 254 g/mol. The van der Waals surface area contributed by atoms with Crippen LogP contribution in [-0.4, -0.2) is 22.5 Å². The number of aliphatic hydroxyl groups is 1. The first kappa shape index (κ1) is 12.7. The van der Waals surface area contributed by atoms with Gasteiger partial charge in [0.05, 0.1) is 22.8 Å². The molecule has 0 saturated carbocycles. The number of aryl methyl sites for hydroxylation is 1. The first-order valence-electron chi connectivity index (χ1n) is 5.46. The van der Waals surface area contributed by atoms with E-state index in [4.69, 9.17) is 16.7 Å². The lowest BCUT2D eigenvalue weighted by Gasteiger charge is -2.09. The molecule has 90 valence electrons. The van der Waals surface area contributed by atoms with Crippen molar-refractivity contribution in [2.45, 2.75) is 12.7 Å². The van der Waals surface area contributed by atoms with Crippen LogP contribution in [0.4, 0.5) is 0 Å². The first-order chi connectivity index (χ1) is 8.24. The summed E-state index contributed by atoms with van der Waals surface area (Å²) in [4.78, 5) is 4.57. The highest BCUT2D eigenvalue weighted by Crippen LogP contribution is 2.28. The number of aliphatic hydroxyl groups excluding tert-OH is 1. The molecule has 0 fully saturated rings. The van der Waals surface area contributed by atoms with Crippen LogP contribution in [0.15, 0.2) is 24.3 Å². The van der Waals surface area contributed by atoms with Gasteiger partial charge < -0.3 is 5.11 Å². The van der Waals surface area contributed by atoms with Gasteiger partial charge in [-0.1, -0.05) is 29.8 Å². The van der Waals surface area contributed by atoms with Gasteiger partial charge in [-0.2, -0.15) is 11.8 Å². The van der Waals surface area contributed by atoms with E-state index >= 15 is 0 Å². The summed E-state index contributed by atoms with van der Waals surface area (Å²) in [6.45, 7) is 2.21. The van der Waals surface area contributed by atoms with Gasteiger partial charge in [0.25, 0.3) is 0 Å². The molecular formula is C13H14ClNOS. The summed E-state index contributed by atoms with van der Waals surface area (Å²) in [5.41, 5.74) is 2.96. The second-order valence-corrected chi connectivity index (χ2v) is 5.27. The SMILES string of the molecule is Cc1c(Cl)c(CSCCO)nc2ccccc12. The molecule has 4 heteroatoms. The van der Waals surface area contributed by atoms with Gasteiger partial charge in [-0.05, 0) is 18.6 Å². The Morgan fingerprint density at radius 1 is 1.35 bits per heavy atom. The highest BCUT2D eigenvalue weighted by atomic mass is 35.5. The van der Waals surface area contributed by atoms with Crippen molar-refractivity contribution in [3.8, 4) is 0 Å². The van der Waals surface area contributed by atoms with Crippen LogP contribution in [0, 0.1) is 6.92 Å². The minimum atomic E-state index is 0.189. The minimum absolute atomic E-state index is 0.189. The molecule has 1 aromatic heterocycles. The van der Waals surface area contributed by atoms with E-state index in [9.17, 15) is 0 Å². The number of fused-ring (bicyclic) bond motifs is 1. The number of rotatable bonds is 4. The van der Waals surface area contributed by atoms with E-state index in [0.29, 0.717) is 5.75 Å². The number of para-hydroxylation sites is 1. The van der Waals surface area contributed by atoms with Crippen molar-refractivity contribution in [2.75, 3.05) is 12.4 Å². The first-order valence-corrected chi connectivity index (χ1v) is 6.99. The van der Waals surface area contributed by atoms with E-state index < -0.39 is 0 Å². The summed E-state index contributed by atoms with van der Waals surface area (Å²) in [5, 5.41) is 10.6. The summed E-state index contributed by atoms with van der Waals surface area (Å²) < 4.78 is 0. The number of halogens is 1. The molecule has 17 heavy (non-hydrogen) atoms. The van der Waals surface area contributed by atoms with E-state index in [0.717, 1.165) is 32.9 Å². The Kier molecular flexibility index (Phi) is 4.26. The molecule has 0 saturated heterocycles. The summed E-state index contributed by atoms with van der Waals surface area (Å²) in [7, 11) is 0. The molecule has 1 N–H and O–H groups in total. The fourth-order valence-corrected chi connectivity index (χ4v) is 2.71. The average molecular weight is 268 g/mol. The van der Waals surface area contributed by atoms with Crippen LogP contribution in [0.5, 0.6) is 0 Å². The third-order valence-electron chi connectivity index (χ3n) is 2.62. The van der Waals surface area contributed by atoms with E-state index in [1.54, 1.807) is 11.8 Å². The van der Waals surface area contributed by atoms with Gasteiger partial charge in [-0.3, -0.25) is 4.98 Å². The Labute approximate surface area is 110 Å². The topological polar surface area (TPSA) is 33.1 Å². The molecule has 0 aliphatic carbocycles. The van der Waals surface area contributed by atoms with Crippen molar-refractivity contribution in [3.05, 3.63) is 40.5 Å². The van der Waals surface area contributed by atoms with Crippen LogP contribution < -0.4 is 0 Å². The Bertz CT molecular complexity index is 530. The molecule has 0 atom stereocenters. The zero-order valence-electron chi connectivity index (χ0n) is 9.61. The van der Waals surface area contributed by atoms with Crippen LogP contribution in [0.1, 0.15) is 11.3 Å². The van der Waals surface area contributed by atoms with Crippen LogP contribution in [0.2, 0.25) is 5.02 Å². The van der Waals surface area contributed by atoms with Crippen LogP contribution in [-0.2, 0) is 5.75 Å². The van der Waals surface area contributed by atoms with Crippen LogP contribution in [0.3, 0.4) is 0 Å². The maximum absolute atomic E-state index is 8.77. The summed E-state index contributed by atoms with van der Waals surface area (Å²) >= 11 is 7.95. The largest absolute Gasteiger partial charge is 0.396 e. The lowest BCUT2D eigenvalue weighted by atomic mass is 10.1. The number of thioether (sulfide) groups is 1. The number of nitrogens with zero attached hydrogens (tertiary/aromatic N) is 1. The van der Waals surface area contributed by atoms with E-state index in [1.165, 1.54) is 0 Å². The number of hydrogen-bond donors (Lipinski definition) is 1. The average Bonchev–Trinajstić information content (AvgIpc) is 2.35. The zero-order valence-corrected chi connectivity index (χ0v) is 11.2. The van der Waals surface area contributed by atoms with Crippen molar-refractivity contribution in [1.82, 2.24) is 4.98 Å². The fraction of sp³-hybridized carbons (Fsp3) is 0.308. The molecule has 0 amide bonds. The van der Waals surface area contributed by atoms with Gasteiger partial charge in [0.1, 0.15) is 0 Å². The van der Waals surface area contributed by atoms with Crippen molar-refractivity contribution in [3.63, 3.8) is 0 Å². The van der Waals surface area contributed by atoms with Crippen molar-refractivity contribution < 1.29 is 5.11 Å². The van der Waals surface area contributed by atoms with Gasteiger partial charge >= 0.3 is 0 Å². The highest BCUT2D eigenvalue weighted by molar-refractivity contribution is 7.98. The number of pyridine rings is 1. The van der Waals surface area contributed by atoms with Gasteiger partial charge in [0, 0.05) is 16.9 Å². The smallest absolute Gasteiger partial charge is 0.0709 e.